The Kier molecular flexibility index (Phi) is 17.5. The first-order chi connectivity index (χ1) is 29.9. The van der Waals surface area contributed by atoms with E-state index in [1.54, 1.807) is 26.1 Å². The Morgan fingerprint density at radius 2 is 1.63 bits per heavy atom. The van der Waals surface area contributed by atoms with E-state index >= 15 is 0 Å². The molecule has 1 nitrogen and oxygen atoms in total. The summed E-state index contributed by atoms with van der Waals surface area (Å²) in [5.74, 6) is 12.2. The van der Waals surface area contributed by atoms with E-state index in [0.29, 0.717) is 12.1 Å². The molecule has 348 valence electrons. The molecule has 2 aromatic rings. The molecule has 5 aliphatic rings. The molecule has 0 radical (unpaired) electrons. The zero-order chi connectivity index (χ0) is 44.1. The maximum absolute atomic E-state index is 4.44. The average Bonchev–Trinajstić information content (AvgIpc) is 3.64. The van der Waals surface area contributed by atoms with Crippen molar-refractivity contribution in [3.05, 3.63) is 45.9 Å². The van der Waals surface area contributed by atoms with Crippen LogP contribution in [-0.2, 0) is 6.42 Å². The molecule has 1 aliphatic heterocycles. The zero-order valence-corrected chi connectivity index (χ0v) is 43.2. The number of fused-ring (bicyclic) bond motifs is 4. The fourth-order valence-electron chi connectivity index (χ4n) is 15.9. The number of benzene rings is 1. The van der Waals surface area contributed by atoms with Crippen molar-refractivity contribution in [1.82, 2.24) is 5.32 Å². The minimum atomic E-state index is 0.636. The summed E-state index contributed by atoms with van der Waals surface area (Å²) in [6, 6.07) is 6.62. The van der Waals surface area contributed by atoms with Gasteiger partial charge in [0.25, 0.3) is 0 Å². The van der Waals surface area contributed by atoms with Gasteiger partial charge in [0, 0.05) is 32.6 Å². The van der Waals surface area contributed by atoms with Crippen molar-refractivity contribution < 1.29 is 0 Å². The molecule has 4 fully saturated rings. The van der Waals surface area contributed by atoms with Crippen molar-refractivity contribution in [3.8, 4) is 0 Å². The van der Waals surface area contributed by atoms with Gasteiger partial charge in [-0.15, -0.1) is 11.3 Å². The highest BCUT2D eigenvalue weighted by molar-refractivity contribution is 7.20. The van der Waals surface area contributed by atoms with Crippen LogP contribution in [0.1, 0.15) is 219 Å². The molecule has 1 saturated heterocycles. The van der Waals surface area contributed by atoms with Crippen molar-refractivity contribution in [2.24, 2.45) is 82.9 Å². The van der Waals surface area contributed by atoms with Gasteiger partial charge in [-0.05, 0) is 197 Å². The maximum atomic E-state index is 4.44. The number of hydrogen-bond donors (Lipinski definition) is 1. The lowest BCUT2D eigenvalue weighted by atomic mass is 9.54. The number of aryl methyl sites for hydroxylation is 2. The largest absolute Gasteiger partial charge is 0.311 e. The number of piperidine rings is 1. The first-order valence-electron chi connectivity index (χ1n) is 27.6. The number of rotatable bonds is 18. The van der Waals surface area contributed by atoms with Crippen molar-refractivity contribution in [1.29, 1.82) is 0 Å². The molecule has 0 bridgehead atoms. The second-order valence-corrected chi connectivity index (χ2v) is 25.0. The Hall–Kier alpha value is -1.38. The highest BCUT2D eigenvalue weighted by Gasteiger charge is 2.50. The van der Waals surface area contributed by atoms with Gasteiger partial charge in [0.15, 0.2) is 0 Å². The number of hydrogen-bond acceptors (Lipinski definition) is 2. The SMILES string of the molecule is CCCC(C)CC(CCc1cc(C)c2sc3c(c2c1)C=CC/C3=C\CCC1CC(C)C(CC)C(CC)C1)C1CC(C2CCCCC2)CC2C(C(C)C(C)CC(C)C)CC(C)NC12. The van der Waals surface area contributed by atoms with E-state index in [9.17, 15) is 0 Å². The molecule has 2 heterocycles. The van der Waals surface area contributed by atoms with E-state index < -0.39 is 0 Å². The van der Waals surface area contributed by atoms with Crippen LogP contribution in [0.4, 0.5) is 0 Å². The second-order valence-electron chi connectivity index (χ2n) is 23.9. The van der Waals surface area contributed by atoms with Gasteiger partial charge in [-0.2, -0.15) is 0 Å². The van der Waals surface area contributed by atoms with E-state index in [-0.39, 0.29) is 0 Å². The van der Waals surface area contributed by atoms with Crippen LogP contribution < -0.4 is 5.32 Å². The Bertz CT molecular complexity index is 1750. The fraction of sp³-hybridized carbons (Fsp3) is 0.800. The van der Waals surface area contributed by atoms with Crippen LogP contribution in [0.25, 0.3) is 21.7 Å². The molecule has 14 unspecified atom stereocenters. The van der Waals surface area contributed by atoms with Gasteiger partial charge < -0.3 is 5.32 Å². The van der Waals surface area contributed by atoms with Crippen LogP contribution in [0.2, 0.25) is 0 Å². The Morgan fingerprint density at radius 3 is 2.35 bits per heavy atom. The molecule has 2 heteroatoms. The minimum Gasteiger partial charge on any atom is -0.311 e. The van der Waals surface area contributed by atoms with Gasteiger partial charge in [0.1, 0.15) is 0 Å². The highest BCUT2D eigenvalue weighted by Crippen LogP contribution is 2.53. The second kappa shape index (κ2) is 22.4. The standard InChI is InChI=1S/C60H97NS/c1-12-20-39(6)30-50(55-36-51(48-22-16-15-17-23-48)37-56-54(33-43(10)61-58(55)56)44(11)40(7)29-38(4)5)28-27-46-32-42(9)59-57(35-46)53-26-19-25-49(60(53)62-59)24-18-21-45-31-41(8)52(14-3)47(13-2)34-45/h19,24,26,32,35,38-41,43-45,47-48,50-52,54-56,58,61H,12-18,20-23,25,27-31,33-34,36-37H2,1-11H3/b49-24+. The van der Waals surface area contributed by atoms with Crippen molar-refractivity contribution >= 4 is 33.1 Å². The van der Waals surface area contributed by atoms with E-state index in [2.05, 4.69) is 123 Å². The highest BCUT2D eigenvalue weighted by atomic mass is 32.1. The number of thiophene rings is 1. The maximum Gasteiger partial charge on any atom is 0.0387 e. The van der Waals surface area contributed by atoms with Crippen LogP contribution in [0.3, 0.4) is 0 Å². The van der Waals surface area contributed by atoms with Gasteiger partial charge in [0.05, 0.1) is 0 Å². The molecular weight excluding hydrogens is 767 g/mol. The number of nitrogens with one attached hydrogen (secondary N) is 1. The molecule has 0 amide bonds. The summed E-state index contributed by atoms with van der Waals surface area (Å²) in [6.07, 6.45) is 37.0. The third-order valence-electron chi connectivity index (χ3n) is 19.0. The van der Waals surface area contributed by atoms with Gasteiger partial charge in [-0.3, -0.25) is 0 Å². The van der Waals surface area contributed by atoms with Gasteiger partial charge in [-0.1, -0.05) is 144 Å². The van der Waals surface area contributed by atoms with E-state index in [1.807, 2.05) is 0 Å². The summed E-state index contributed by atoms with van der Waals surface area (Å²) in [4.78, 5) is 1.58. The summed E-state index contributed by atoms with van der Waals surface area (Å²) in [7, 11) is 0. The molecule has 4 aliphatic carbocycles. The fourth-order valence-corrected chi connectivity index (χ4v) is 17.2. The predicted octanol–water partition coefficient (Wildman–Crippen LogP) is 18.2. The van der Waals surface area contributed by atoms with Crippen LogP contribution in [0.5, 0.6) is 0 Å². The van der Waals surface area contributed by atoms with E-state index in [1.165, 1.54) is 140 Å². The third kappa shape index (κ3) is 11.4. The molecule has 0 spiro atoms. The van der Waals surface area contributed by atoms with Crippen molar-refractivity contribution in [3.63, 3.8) is 0 Å². The minimum absolute atomic E-state index is 0.636. The molecule has 1 aromatic carbocycles. The Balaban J connectivity index is 1.12. The molecule has 3 saturated carbocycles. The van der Waals surface area contributed by atoms with Crippen LogP contribution in [-0.4, -0.2) is 12.1 Å². The third-order valence-corrected chi connectivity index (χ3v) is 20.4. The smallest absolute Gasteiger partial charge is 0.0387 e. The first kappa shape index (κ1) is 48.6. The van der Waals surface area contributed by atoms with Crippen LogP contribution in [0, 0.1) is 89.8 Å². The molecule has 62 heavy (non-hydrogen) atoms. The zero-order valence-electron chi connectivity index (χ0n) is 42.4. The molecule has 1 aromatic heterocycles. The van der Waals surface area contributed by atoms with Gasteiger partial charge in [-0.25, -0.2) is 0 Å². The Labute approximate surface area is 388 Å². The molecular formula is C60H97NS. The van der Waals surface area contributed by atoms with Crippen LogP contribution in [0.15, 0.2) is 24.3 Å². The normalized spacial score (nSPS) is 33.4. The van der Waals surface area contributed by atoms with E-state index in [0.717, 1.165) is 89.3 Å². The van der Waals surface area contributed by atoms with Crippen LogP contribution >= 0.6 is 11.3 Å². The lowest BCUT2D eigenvalue weighted by molar-refractivity contribution is -0.0310. The van der Waals surface area contributed by atoms with Crippen molar-refractivity contribution in [2.45, 2.75) is 223 Å². The number of allylic oxidation sites excluding steroid dienone is 3. The predicted molar refractivity (Wildman–Crippen MR) is 276 cm³/mol. The summed E-state index contributed by atoms with van der Waals surface area (Å²) >= 11 is 2.10. The lowest BCUT2D eigenvalue weighted by Crippen LogP contribution is -2.60. The molecule has 1 N–H and O–H groups in total. The summed E-state index contributed by atoms with van der Waals surface area (Å²) in [6.45, 7) is 27.6. The van der Waals surface area contributed by atoms with Gasteiger partial charge >= 0.3 is 0 Å². The summed E-state index contributed by atoms with van der Waals surface area (Å²) in [5.41, 5.74) is 6.25. The quantitative estimate of drug-likeness (QED) is 0.157. The first-order valence-corrected chi connectivity index (χ1v) is 28.4. The topological polar surface area (TPSA) is 12.0 Å². The summed E-state index contributed by atoms with van der Waals surface area (Å²) in [5, 5.41) is 5.98. The van der Waals surface area contributed by atoms with Gasteiger partial charge in [0.2, 0.25) is 0 Å². The monoisotopic (exact) mass is 864 g/mol. The lowest BCUT2D eigenvalue weighted by Gasteiger charge is -2.56. The summed E-state index contributed by atoms with van der Waals surface area (Å²) < 4.78 is 1.54. The molecule has 7 rings (SSSR count). The molecule has 14 atom stereocenters. The van der Waals surface area contributed by atoms with E-state index in [4.69, 9.17) is 0 Å². The Morgan fingerprint density at radius 1 is 0.839 bits per heavy atom. The van der Waals surface area contributed by atoms with Crippen molar-refractivity contribution in [2.75, 3.05) is 0 Å². The average molecular weight is 865 g/mol.